The van der Waals surface area contributed by atoms with E-state index in [0.29, 0.717) is 57.4 Å². The van der Waals surface area contributed by atoms with Gasteiger partial charge < -0.3 is 24.6 Å². The average Bonchev–Trinajstić information content (AvgIpc) is 2.88. The van der Waals surface area contributed by atoms with Crippen molar-refractivity contribution in [3.8, 4) is 6.07 Å². The van der Waals surface area contributed by atoms with Gasteiger partial charge in [0.05, 0.1) is 19.3 Å². The lowest BCUT2D eigenvalue weighted by atomic mass is 9.84. The Kier molecular flexibility index (Phi) is 9.43. The Hall–Kier alpha value is -2.38. The molecule has 4 aliphatic rings. The molecule has 0 aromatic carbocycles. The summed E-state index contributed by atoms with van der Waals surface area (Å²) in [5.41, 5.74) is -0.875. The molecule has 10 heteroatoms. The van der Waals surface area contributed by atoms with E-state index in [1.165, 1.54) is 19.3 Å². The summed E-state index contributed by atoms with van der Waals surface area (Å²) in [6.45, 7) is 3.74. The average molecular weight is 503 g/mol. The second kappa shape index (κ2) is 12.7. The number of hydrogen-bond acceptors (Lipinski definition) is 7. The fourth-order valence-electron chi connectivity index (χ4n) is 5.42. The lowest BCUT2D eigenvalue weighted by molar-refractivity contribution is -0.124. The van der Waals surface area contributed by atoms with Crippen molar-refractivity contribution in [3.63, 3.8) is 0 Å². The molecule has 0 bridgehead atoms. The first kappa shape index (κ1) is 26.7. The van der Waals surface area contributed by atoms with E-state index in [9.17, 15) is 14.9 Å². The molecule has 2 saturated heterocycles. The zero-order valence-corrected chi connectivity index (χ0v) is 21.7. The largest absolute Gasteiger partial charge is 0.446 e. The van der Waals surface area contributed by atoms with Crippen molar-refractivity contribution in [2.24, 2.45) is 10.9 Å². The monoisotopic (exact) mass is 502 g/mol. The SMILES string of the molecule is CN1CCC(C#N)(NC(=O)C(CC2CCCCC2)N=C(NC(=O)OC2CCC2)N2CCOCC2)CC1. The third-order valence-corrected chi connectivity index (χ3v) is 8.13. The van der Waals surface area contributed by atoms with Gasteiger partial charge in [-0.3, -0.25) is 10.1 Å². The minimum atomic E-state index is -0.875. The molecule has 0 radical (unpaired) electrons. The lowest BCUT2D eigenvalue weighted by Crippen LogP contribution is -2.56. The smallest absolute Gasteiger partial charge is 0.414 e. The Bertz CT molecular complexity index is 819. The summed E-state index contributed by atoms with van der Waals surface area (Å²) in [6, 6.07) is 1.71. The Morgan fingerprint density at radius 2 is 1.78 bits per heavy atom. The van der Waals surface area contributed by atoms with Gasteiger partial charge in [0.15, 0.2) is 0 Å². The molecular formula is C26H42N6O4. The zero-order chi connectivity index (χ0) is 25.4. The van der Waals surface area contributed by atoms with E-state index in [0.717, 1.165) is 45.2 Å². The molecule has 0 aromatic heterocycles. The highest BCUT2D eigenvalue weighted by Crippen LogP contribution is 2.29. The first-order valence-electron chi connectivity index (χ1n) is 13.8. The Morgan fingerprint density at radius 3 is 2.39 bits per heavy atom. The number of alkyl carbamates (subject to hydrolysis) is 1. The quantitative estimate of drug-likeness (QED) is 0.423. The van der Waals surface area contributed by atoms with Crippen molar-refractivity contribution < 1.29 is 19.1 Å². The number of morpholine rings is 1. The highest BCUT2D eigenvalue weighted by atomic mass is 16.6. The van der Waals surface area contributed by atoms with Gasteiger partial charge in [0.25, 0.3) is 0 Å². The van der Waals surface area contributed by atoms with Crippen molar-refractivity contribution in [2.45, 2.75) is 88.3 Å². The predicted octanol–water partition coefficient (Wildman–Crippen LogP) is 2.40. The molecule has 2 heterocycles. The molecule has 2 aliphatic heterocycles. The van der Waals surface area contributed by atoms with Gasteiger partial charge in [0.1, 0.15) is 17.7 Å². The van der Waals surface area contributed by atoms with Crippen molar-refractivity contribution >= 4 is 18.0 Å². The molecule has 4 fully saturated rings. The molecule has 2 saturated carbocycles. The van der Waals surface area contributed by atoms with Gasteiger partial charge in [-0.25, -0.2) is 9.79 Å². The number of likely N-dealkylation sites (tertiary alicyclic amines) is 1. The second-order valence-electron chi connectivity index (χ2n) is 10.9. The first-order valence-corrected chi connectivity index (χ1v) is 13.8. The number of piperidine rings is 1. The third kappa shape index (κ3) is 7.32. The van der Waals surface area contributed by atoms with E-state index < -0.39 is 17.7 Å². The maximum atomic E-state index is 13.7. The molecule has 10 nitrogen and oxygen atoms in total. The van der Waals surface area contributed by atoms with E-state index >= 15 is 0 Å². The number of carbonyl (C=O) groups excluding carboxylic acids is 2. The van der Waals surface area contributed by atoms with Gasteiger partial charge in [-0.05, 0) is 51.5 Å². The molecule has 0 aromatic rings. The summed E-state index contributed by atoms with van der Waals surface area (Å²) >= 11 is 0. The molecule has 1 atom stereocenters. The summed E-state index contributed by atoms with van der Waals surface area (Å²) in [6.07, 6.45) is 9.79. The minimum absolute atomic E-state index is 0.0443. The van der Waals surface area contributed by atoms with Gasteiger partial charge in [0, 0.05) is 26.2 Å². The van der Waals surface area contributed by atoms with Crippen LogP contribution in [-0.4, -0.2) is 91.9 Å². The number of aliphatic imine (C=N–C) groups is 1. The molecular weight excluding hydrogens is 460 g/mol. The van der Waals surface area contributed by atoms with Crippen LogP contribution in [0.1, 0.15) is 70.6 Å². The van der Waals surface area contributed by atoms with Crippen LogP contribution >= 0.6 is 0 Å². The number of nitrogens with one attached hydrogen (secondary N) is 2. The van der Waals surface area contributed by atoms with Crippen molar-refractivity contribution in [1.29, 1.82) is 5.26 Å². The van der Waals surface area contributed by atoms with Crippen molar-refractivity contribution in [3.05, 3.63) is 0 Å². The van der Waals surface area contributed by atoms with Crippen LogP contribution in [0.5, 0.6) is 0 Å². The van der Waals surface area contributed by atoms with Gasteiger partial charge >= 0.3 is 6.09 Å². The summed E-state index contributed by atoms with van der Waals surface area (Å²) in [4.78, 5) is 35.4. The van der Waals surface area contributed by atoms with Crippen LogP contribution in [0.25, 0.3) is 0 Å². The van der Waals surface area contributed by atoms with Gasteiger partial charge in [-0.1, -0.05) is 32.1 Å². The maximum Gasteiger partial charge on any atom is 0.414 e. The molecule has 2 aliphatic carbocycles. The van der Waals surface area contributed by atoms with Gasteiger partial charge in [-0.2, -0.15) is 5.26 Å². The second-order valence-corrected chi connectivity index (χ2v) is 10.9. The fourth-order valence-corrected chi connectivity index (χ4v) is 5.42. The van der Waals surface area contributed by atoms with Crippen LogP contribution in [0.15, 0.2) is 4.99 Å². The third-order valence-electron chi connectivity index (χ3n) is 8.13. The topological polar surface area (TPSA) is 119 Å². The molecule has 200 valence electrons. The van der Waals surface area contributed by atoms with E-state index in [4.69, 9.17) is 14.5 Å². The Labute approximate surface area is 214 Å². The van der Waals surface area contributed by atoms with E-state index in [1.807, 2.05) is 11.9 Å². The van der Waals surface area contributed by atoms with Gasteiger partial charge in [0.2, 0.25) is 11.9 Å². The number of ether oxygens (including phenoxy) is 2. The predicted molar refractivity (Wildman–Crippen MR) is 135 cm³/mol. The maximum absolute atomic E-state index is 13.7. The molecule has 0 spiro atoms. The van der Waals surface area contributed by atoms with Crippen molar-refractivity contribution in [2.75, 3.05) is 46.4 Å². The highest BCUT2D eigenvalue weighted by Gasteiger charge is 2.38. The molecule has 1 unspecified atom stereocenters. The Balaban J connectivity index is 1.54. The van der Waals surface area contributed by atoms with Gasteiger partial charge in [-0.15, -0.1) is 0 Å². The number of nitrogens with zero attached hydrogens (tertiary/aromatic N) is 4. The summed E-state index contributed by atoms with van der Waals surface area (Å²) in [5, 5.41) is 15.9. The van der Waals surface area contributed by atoms with Crippen LogP contribution < -0.4 is 10.6 Å². The molecule has 4 rings (SSSR count). The summed E-state index contributed by atoms with van der Waals surface area (Å²) < 4.78 is 11.0. The minimum Gasteiger partial charge on any atom is -0.446 e. The number of carbonyl (C=O) groups is 2. The van der Waals surface area contributed by atoms with Crippen LogP contribution in [0.3, 0.4) is 0 Å². The summed E-state index contributed by atoms with van der Waals surface area (Å²) in [5.74, 6) is 0.543. The van der Waals surface area contributed by atoms with Crippen LogP contribution in [0.2, 0.25) is 0 Å². The zero-order valence-electron chi connectivity index (χ0n) is 21.7. The number of rotatable bonds is 6. The highest BCUT2D eigenvalue weighted by molar-refractivity contribution is 5.96. The number of amides is 2. The number of hydrogen-bond donors (Lipinski definition) is 2. The standard InChI is InChI=1S/C26H42N6O4/c1-31-12-10-26(19-27,11-13-31)30-23(33)22(18-20-6-3-2-4-7-20)28-24(32-14-16-35-17-15-32)29-25(34)36-21-8-5-9-21/h20-22H,2-18H2,1H3,(H,30,33)(H,28,29,34). The number of guanidine groups is 1. The summed E-state index contributed by atoms with van der Waals surface area (Å²) in [7, 11) is 2.03. The van der Waals surface area contributed by atoms with E-state index in [1.54, 1.807) is 0 Å². The molecule has 2 N–H and O–H groups in total. The van der Waals surface area contributed by atoms with E-state index in [-0.39, 0.29) is 12.0 Å². The lowest BCUT2D eigenvalue weighted by Gasteiger charge is -2.37. The van der Waals surface area contributed by atoms with Crippen LogP contribution in [0.4, 0.5) is 4.79 Å². The fraction of sp³-hybridized carbons (Fsp3) is 0.846. The van der Waals surface area contributed by atoms with E-state index in [2.05, 4.69) is 21.6 Å². The number of nitriles is 1. The normalized spacial score (nSPS) is 24.8. The molecule has 2 amide bonds. The van der Waals surface area contributed by atoms with Crippen molar-refractivity contribution in [1.82, 2.24) is 20.4 Å². The molecule has 36 heavy (non-hydrogen) atoms. The Morgan fingerprint density at radius 1 is 1.08 bits per heavy atom. The first-order chi connectivity index (χ1) is 17.5. The van der Waals surface area contributed by atoms with Crippen LogP contribution in [0, 0.1) is 17.2 Å². The van der Waals surface area contributed by atoms with Crippen LogP contribution in [-0.2, 0) is 14.3 Å².